The fourth-order valence-electron chi connectivity index (χ4n) is 2.26. The van der Waals surface area contributed by atoms with Crippen LogP contribution in [0.25, 0.3) is 0 Å². The van der Waals surface area contributed by atoms with E-state index in [4.69, 9.17) is 9.68 Å². The lowest BCUT2D eigenvalue weighted by atomic mass is 10.2. The lowest BCUT2D eigenvalue weighted by Gasteiger charge is -2.05. The number of hydrogen-bond acceptors (Lipinski definition) is 6. The van der Waals surface area contributed by atoms with Crippen LogP contribution in [0.1, 0.15) is 43.0 Å². The van der Waals surface area contributed by atoms with Crippen molar-refractivity contribution in [1.82, 2.24) is 9.97 Å². The van der Waals surface area contributed by atoms with Crippen molar-refractivity contribution < 1.29 is 9.68 Å². The molecule has 0 N–H and O–H groups in total. The molecule has 0 spiro atoms. The summed E-state index contributed by atoms with van der Waals surface area (Å²) in [6.45, 7) is 6.25. The quantitative estimate of drug-likeness (QED) is 0.419. The summed E-state index contributed by atoms with van der Waals surface area (Å²) in [6.07, 6.45) is 1.64. The summed E-state index contributed by atoms with van der Waals surface area (Å²) in [4.78, 5) is 19.2. The van der Waals surface area contributed by atoms with Gasteiger partial charge in [-0.2, -0.15) is 0 Å². The first-order valence-electron chi connectivity index (χ1n) is 8.25. The van der Waals surface area contributed by atoms with Crippen LogP contribution < -0.4 is 0 Å². The highest BCUT2D eigenvalue weighted by Crippen LogP contribution is 2.05. The van der Waals surface area contributed by atoms with Gasteiger partial charge in [-0.3, -0.25) is 9.97 Å². The molecule has 0 saturated heterocycles. The van der Waals surface area contributed by atoms with Crippen LogP contribution in [0, 0.1) is 6.92 Å². The predicted molar refractivity (Wildman–Crippen MR) is 98.9 cm³/mol. The Morgan fingerprint density at radius 2 is 1.64 bits per heavy atom. The number of pyridine rings is 2. The van der Waals surface area contributed by atoms with E-state index in [-0.39, 0.29) is 0 Å². The van der Waals surface area contributed by atoms with Crippen molar-refractivity contribution in [2.45, 2.75) is 33.6 Å². The van der Waals surface area contributed by atoms with Crippen molar-refractivity contribution in [2.75, 3.05) is 13.7 Å². The fraction of sp³-hybridized carbons (Fsp3) is 0.368. The molecule has 0 aliphatic heterocycles. The number of aromatic nitrogens is 2. The zero-order valence-corrected chi connectivity index (χ0v) is 15.2. The molecule has 0 aliphatic carbocycles. The average molecular weight is 340 g/mol. The highest BCUT2D eigenvalue weighted by Gasteiger charge is 2.03. The molecule has 0 atom stereocenters. The molecule has 0 aliphatic rings. The normalized spacial score (nSPS) is 12.2. The molecule has 25 heavy (non-hydrogen) atoms. The molecule has 2 heterocycles. The molecule has 0 bridgehead atoms. The van der Waals surface area contributed by atoms with Gasteiger partial charge in [-0.25, -0.2) is 0 Å². The van der Waals surface area contributed by atoms with Gasteiger partial charge < -0.3 is 9.68 Å². The van der Waals surface area contributed by atoms with Gasteiger partial charge in [0.25, 0.3) is 0 Å². The van der Waals surface area contributed by atoms with E-state index in [1.54, 1.807) is 0 Å². The first-order chi connectivity index (χ1) is 12.1. The van der Waals surface area contributed by atoms with Gasteiger partial charge in [0.1, 0.15) is 25.1 Å². The van der Waals surface area contributed by atoms with Gasteiger partial charge in [0.05, 0.1) is 11.4 Å². The maximum absolute atomic E-state index is 5.40. The molecule has 6 nitrogen and oxygen atoms in total. The van der Waals surface area contributed by atoms with Crippen LogP contribution in [-0.4, -0.2) is 35.1 Å². The fourth-order valence-corrected chi connectivity index (χ4v) is 2.26. The van der Waals surface area contributed by atoms with Crippen LogP contribution in [0.3, 0.4) is 0 Å². The molecular formula is C19H24N4O2. The summed E-state index contributed by atoms with van der Waals surface area (Å²) in [5.41, 5.74) is 5.14. The van der Waals surface area contributed by atoms with Gasteiger partial charge in [0.15, 0.2) is 0 Å². The third kappa shape index (κ3) is 5.99. The standard InChI is InChI=1S/C19H24N4O2/c1-14-8-5-11-18(20-14)16(3)23-25-13-7-10-17-9-6-12-19(21-17)15(2)22-24-4/h5-6,8-9,11-12H,7,10,13H2,1-4H3/b22-15+,23-16+. The van der Waals surface area contributed by atoms with Gasteiger partial charge in [-0.05, 0) is 57.9 Å². The minimum absolute atomic E-state index is 0.528. The van der Waals surface area contributed by atoms with Crippen LogP contribution in [0.2, 0.25) is 0 Å². The first-order valence-corrected chi connectivity index (χ1v) is 8.25. The number of nitrogens with zero attached hydrogens (tertiary/aromatic N) is 4. The molecule has 0 unspecified atom stereocenters. The Hall–Kier alpha value is -2.76. The van der Waals surface area contributed by atoms with Crippen LogP contribution in [-0.2, 0) is 16.1 Å². The SMILES string of the molecule is CO/N=C(\C)c1cccc(CCCO/N=C(\C)c2cccc(C)n2)n1. The molecule has 2 aromatic heterocycles. The Kier molecular flexibility index (Phi) is 7.07. The third-order valence-corrected chi connectivity index (χ3v) is 3.53. The van der Waals surface area contributed by atoms with Crippen molar-refractivity contribution in [1.29, 1.82) is 0 Å². The zero-order valence-electron chi connectivity index (χ0n) is 15.2. The Labute approximate surface area is 148 Å². The summed E-state index contributed by atoms with van der Waals surface area (Å²) in [5.74, 6) is 0. The summed E-state index contributed by atoms with van der Waals surface area (Å²) in [6, 6.07) is 11.7. The summed E-state index contributed by atoms with van der Waals surface area (Å²) >= 11 is 0. The highest BCUT2D eigenvalue weighted by atomic mass is 16.6. The van der Waals surface area contributed by atoms with E-state index < -0.39 is 0 Å². The molecule has 132 valence electrons. The lowest BCUT2D eigenvalue weighted by molar-refractivity contribution is 0.141. The Morgan fingerprint density at radius 1 is 0.960 bits per heavy atom. The van der Waals surface area contributed by atoms with E-state index in [1.807, 2.05) is 57.2 Å². The Morgan fingerprint density at radius 3 is 2.36 bits per heavy atom. The number of oxime groups is 2. The minimum atomic E-state index is 0.528. The molecule has 0 saturated carbocycles. The number of rotatable bonds is 8. The van der Waals surface area contributed by atoms with E-state index in [0.717, 1.165) is 47.0 Å². The second-order valence-electron chi connectivity index (χ2n) is 5.65. The van der Waals surface area contributed by atoms with Gasteiger partial charge >= 0.3 is 0 Å². The topological polar surface area (TPSA) is 69.0 Å². The van der Waals surface area contributed by atoms with E-state index in [2.05, 4.69) is 20.3 Å². The Bertz CT molecular complexity index is 757. The Balaban J connectivity index is 1.82. The maximum atomic E-state index is 5.40. The molecule has 2 rings (SSSR count). The first kappa shape index (κ1) is 18.6. The number of aryl methyl sites for hydroxylation is 2. The molecule has 0 amide bonds. The van der Waals surface area contributed by atoms with Crippen LogP contribution in [0.15, 0.2) is 46.7 Å². The van der Waals surface area contributed by atoms with E-state index in [9.17, 15) is 0 Å². The van der Waals surface area contributed by atoms with Crippen LogP contribution >= 0.6 is 0 Å². The highest BCUT2D eigenvalue weighted by molar-refractivity contribution is 5.96. The van der Waals surface area contributed by atoms with Gasteiger partial charge in [-0.15, -0.1) is 0 Å². The molecule has 2 aromatic rings. The van der Waals surface area contributed by atoms with Crippen molar-refractivity contribution in [3.8, 4) is 0 Å². The van der Waals surface area contributed by atoms with Crippen molar-refractivity contribution in [3.63, 3.8) is 0 Å². The summed E-state index contributed by atoms with van der Waals surface area (Å²) < 4.78 is 0. The van der Waals surface area contributed by atoms with Crippen molar-refractivity contribution >= 4 is 11.4 Å². The van der Waals surface area contributed by atoms with Crippen molar-refractivity contribution in [3.05, 3.63) is 59.2 Å². The maximum Gasteiger partial charge on any atom is 0.117 e. The van der Waals surface area contributed by atoms with E-state index >= 15 is 0 Å². The molecule has 0 radical (unpaired) electrons. The van der Waals surface area contributed by atoms with Gasteiger partial charge in [0.2, 0.25) is 0 Å². The van der Waals surface area contributed by atoms with Gasteiger partial charge in [0, 0.05) is 11.4 Å². The minimum Gasteiger partial charge on any atom is -0.399 e. The largest absolute Gasteiger partial charge is 0.399 e. The average Bonchev–Trinajstić information content (AvgIpc) is 2.61. The van der Waals surface area contributed by atoms with Gasteiger partial charge in [-0.1, -0.05) is 22.4 Å². The third-order valence-electron chi connectivity index (χ3n) is 3.53. The molecule has 0 aromatic carbocycles. The number of hydrogen-bond donors (Lipinski definition) is 0. The molecule has 6 heteroatoms. The predicted octanol–water partition coefficient (Wildman–Crippen LogP) is 3.53. The lowest BCUT2D eigenvalue weighted by Crippen LogP contribution is -2.04. The molecular weight excluding hydrogens is 316 g/mol. The van der Waals surface area contributed by atoms with Crippen LogP contribution in [0.4, 0.5) is 0 Å². The monoisotopic (exact) mass is 340 g/mol. The van der Waals surface area contributed by atoms with E-state index in [1.165, 1.54) is 7.11 Å². The van der Waals surface area contributed by atoms with E-state index in [0.29, 0.717) is 6.61 Å². The molecule has 0 fully saturated rings. The zero-order chi connectivity index (χ0) is 18.1. The van der Waals surface area contributed by atoms with Crippen LogP contribution in [0.5, 0.6) is 0 Å². The second kappa shape index (κ2) is 9.52. The second-order valence-corrected chi connectivity index (χ2v) is 5.65. The summed E-state index contributed by atoms with van der Waals surface area (Å²) in [5, 5.41) is 8.04. The smallest absolute Gasteiger partial charge is 0.117 e. The summed E-state index contributed by atoms with van der Waals surface area (Å²) in [7, 11) is 1.53. The van der Waals surface area contributed by atoms with Crippen molar-refractivity contribution in [2.24, 2.45) is 10.3 Å².